The topological polar surface area (TPSA) is 62.7 Å². The molecule has 6 nitrogen and oxygen atoms in total. The normalized spacial score (nSPS) is 19.0. The van der Waals surface area contributed by atoms with Crippen LogP contribution in [0.25, 0.3) is 11.1 Å². The maximum atomic E-state index is 13.3. The van der Waals surface area contributed by atoms with Crippen LogP contribution < -0.4 is 0 Å². The van der Waals surface area contributed by atoms with Crippen molar-refractivity contribution in [3.05, 3.63) is 54.4 Å². The molecule has 2 aromatic rings. The van der Waals surface area contributed by atoms with Crippen LogP contribution in [0.2, 0.25) is 0 Å². The van der Waals surface area contributed by atoms with Gasteiger partial charge in [0, 0.05) is 51.4 Å². The van der Waals surface area contributed by atoms with Gasteiger partial charge in [0.2, 0.25) is 5.91 Å². The first kappa shape index (κ1) is 22.0. The van der Waals surface area contributed by atoms with Gasteiger partial charge < -0.3 is 14.5 Å². The summed E-state index contributed by atoms with van der Waals surface area (Å²) in [4.78, 5) is 33.7. The van der Waals surface area contributed by atoms with Gasteiger partial charge in [-0.1, -0.05) is 44.2 Å². The Bertz CT molecular complexity index is 882. The van der Waals surface area contributed by atoms with Crippen LogP contribution in [-0.4, -0.2) is 66.0 Å². The van der Waals surface area contributed by atoms with E-state index in [0.717, 1.165) is 16.7 Å². The second kappa shape index (κ2) is 9.39. The minimum atomic E-state index is -1.10. The Morgan fingerprint density at radius 3 is 2.63 bits per heavy atom. The van der Waals surface area contributed by atoms with Crippen LogP contribution in [0.1, 0.15) is 25.8 Å². The number of carbonyl (C=O) groups excluding carboxylic acids is 2. The molecule has 2 heterocycles. The number of hydrogen-bond acceptors (Lipinski definition) is 4. The zero-order valence-corrected chi connectivity index (χ0v) is 18.3. The Hall–Kier alpha value is -2.73. The molecular formula is C24H31N3O3. The summed E-state index contributed by atoms with van der Waals surface area (Å²) in [7, 11) is 3.46. The second-order valence-electron chi connectivity index (χ2n) is 8.53. The molecule has 160 valence electrons. The molecule has 3 rings (SSSR count). The smallest absolute Gasteiger partial charge is 0.256 e. The lowest BCUT2D eigenvalue weighted by atomic mass is 9.87. The Balaban J connectivity index is 1.96. The van der Waals surface area contributed by atoms with Gasteiger partial charge in [-0.3, -0.25) is 14.6 Å². The third kappa shape index (κ3) is 4.87. The highest BCUT2D eigenvalue weighted by Gasteiger charge is 2.46. The fourth-order valence-electron chi connectivity index (χ4n) is 3.98. The maximum Gasteiger partial charge on any atom is 0.256 e. The first-order valence-corrected chi connectivity index (χ1v) is 10.4. The van der Waals surface area contributed by atoms with Crippen molar-refractivity contribution in [2.24, 2.45) is 5.92 Å². The van der Waals surface area contributed by atoms with Crippen LogP contribution in [0.15, 0.2) is 48.8 Å². The summed E-state index contributed by atoms with van der Waals surface area (Å²) in [5.74, 6) is 0.223. The Morgan fingerprint density at radius 1 is 1.20 bits per heavy atom. The highest BCUT2D eigenvalue weighted by Crippen LogP contribution is 2.31. The fraction of sp³-hybridized carbons (Fsp3) is 0.458. The number of pyridine rings is 1. The molecule has 2 amide bonds. The predicted octanol–water partition coefficient (Wildman–Crippen LogP) is 3.02. The number of morpholine rings is 1. The Kier molecular flexibility index (Phi) is 6.87. The molecule has 1 aliphatic heterocycles. The molecule has 1 aromatic carbocycles. The lowest BCUT2D eigenvalue weighted by Gasteiger charge is -2.43. The second-order valence-corrected chi connectivity index (χ2v) is 8.53. The van der Waals surface area contributed by atoms with Crippen molar-refractivity contribution >= 4 is 11.8 Å². The number of nitrogens with zero attached hydrogens (tertiary/aromatic N) is 3. The van der Waals surface area contributed by atoms with Crippen LogP contribution >= 0.6 is 0 Å². The van der Waals surface area contributed by atoms with Crippen molar-refractivity contribution in [2.75, 3.05) is 33.8 Å². The van der Waals surface area contributed by atoms with Crippen LogP contribution in [0.3, 0.4) is 0 Å². The molecule has 1 atom stereocenters. The van der Waals surface area contributed by atoms with Gasteiger partial charge in [-0.05, 0) is 23.1 Å². The third-order valence-corrected chi connectivity index (χ3v) is 5.38. The molecule has 0 saturated carbocycles. The van der Waals surface area contributed by atoms with Gasteiger partial charge in [0.05, 0.1) is 13.2 Å². The summed E-state index contributed by atoms with van der Waals surface area (Å²) < 4.78 is 6.17. The van der Waals surface area contributed by atoms with Gasteiger partial charge in [-0.15, -0.1) is 0 Å². The molecule has 0 bridgehead atoms. The van der Waals surface area contributed by atoms with E-state index in [1.54, 1.807) is 30.1 Å². The largest absolute Gasteiger partial charge is 0.361 e. The van der Waals surface area contributed by atoms with E-state index in [9.17, 15) is 9.59 Å². The molecular weight excluding hydrogens is 378 g/mol. The molecule has 0 N–H and O–H groups in total. The molecule has 0 aliphatic carbocycles. The van der Waals surface area contributed by atoms with Crippen molar-refractivity contribution in [2.45, 2.75) is 32.3 Å². The van der Waals surface area contributed by atoms with Crippen molar-refractivity contribution in [1.82, 2.24) is 14.8 Å². The van der Waals surface area contributed by atoms with Gasteiger partial charge in [0.1, 0.15) is 0 Å². The van der Waals surface area contributed by atoms with Crippen LogP contribution in [0.5, 0.6) is 0 Å². The van der Waals surface area contributed by atoms with Crippen LogP contribution in [0, 0.1) is 5.92 Å². The minimum Gasteiger partial charge on any atom is -0.361 e. The molecule has 1 aliphatic rings. The number of likely N-dealkylation sites (N-methyl/N-ethyl adjacent to an activating group) is 1. The zero-order chi connectivity index (χ0) is 21.7. The van der Waals surface area contributed by atoms with E-state index in [1.807, 2.05) is 56.4 Å². The Morgan fingerprint density at radius 2 is 1.97 bits per heavy atom. The van der Waals surface area contributed by atoms with Crippen molar-refractivity contribution in [3.63, 3.8) is 0 Å². The van der Waals surface area contributed by atoms with E-state index >= 15 is 0 Å². The van der Waals surface area contributed by atoms with E-state index in [0.29, 0.717) is 26.0 Å². The molecule has 1 aromatic heterocycles. The van der Waals surface area contributed by atoms with Crippen LogP contribution in [-0.2, 0) is 20.7 Å². The first-order chi connectivity index (χ1) is 14.3. The lowest BCUT2D eigenvalue weighted by molar-refractivity contribution is -0.172. The molecule has 0 radical (unpaired) electrons. The van der Waals surface area contributed by atoms with Crippen molar-refractivity contribution < 1.29 is 14.3 Å². The number of carbonyl (C=O) groups is 2. The maximum absolute atomic E-state index is 13.3. The van der Waals surface area contributed by atoms with Gasteiger partial charge >= 0.3 is 0 Å². The summed E-state index contributed by atoms with van der Waals surface area (Å²) in [6, 6.07) is 11.9. The monoisotopic (exact) mass is 409 g/mol. The van der Waals surface area contributed by atoms with Crippen molar-refractivity contribution in [1.29, 1.82) is 0 Å². The van der Waals surface area contributed by atoms with Crippen LogP contribution in [0.4, 0.5) is 0 Å². The summed E-state index contributed by atoms with van der Waals surface area (Å²) in [5, 5.41) is 0. The van der Waals surface area contributed by atoms with E-state index in [-0.39, 0.29) is 24.3 Å². The summed E-state index contributed by atoms with van der Waals surface area (Å²) >= 11 is 0. The molecule has 1 unspecified atom stereocenters. The number of amides is 2. The highest BCUT2D eigenvalue weighted by atomic mass is 16.5. The number of rotatable bonds is 6. The zero-order valence-electron chi connectivity index (χ0n) is 18.3. The van der Waals surface area contributed by atoms with Gasteiger partial charge in [0.15, 0.2) is 5.60 Å². The highest BCUT2D eigenvalue weighted by molar-refractivity contribution is 5.87. The third-order valence-electron chi connectivity index (χ3n) is 5.38. The van der Waals surface area contributed by atoms with Gasteiger partial charge in [0.25, 0.3) is 5.91 Å². The van der Waals surface area contributed by atoms with E-state index in [1.165, 1.54) is 0 Å². The molecule has 0 spiro atoms. The standard InChI is InChI=1S/C24H31N3O3/c1-18(2)14-22(28)27-12-13-30-24(17-27,23(29)26(3)4)15-19-8-5-6-10-21(19)20-9-7-11-25-16-20/h5-11,16,18H,12-15,17H2,1-4H3. The number of benzene rings is 1. The minimum absolute atomic E-state index is 0.0739. The average molecular weight is 410 g/mol. The van der Waals surface area contributed by atoms with E-state index in [2.05, 4.69) is 4.98 Å². The number of aromatic nitrogens is 1. The van der Waals surface area contributed by atoms with E-state index in [4.69, 9.17) is 4.74 Å². The summed E-state index contributed by atoms with van der Waals surface area (Å²) in [5.41, 5.74) is 1.90. The molecule has 1 fully saturated rings. The SMILES string of the molecule is CC(C)CC(=O)N1CCOC(Cc2ccccc2-c2cccnc2)(C(=O)N(C)C)C1. The van der Waals surface area contributed by atoms with Gasteiger partial charge in [-0.25, -0.2) is 0 Å². The lowest BCUT2D eigenvalue weighted by Crippen LogP contribution is -2.61. The average Bonchev–Trinajstić information content (AvgIpc) is 2.74. The number of ether oxygens (including phenoxy) is 1. The number of hydrogen-bond donors (Lipinski definition) is 0. The molecule has 6 heteroatoms. The van der Waals surface area contributed by atoms with Crippen molar-refractivity contribution in [3.8, 4) is 11.1 Å². The van der Waals surface area contributed by atoms with E-state index < -0.39 is 5.60 Å². The molecule has 30 heavy (non-hydrogen) atoms. The molecule has 1 saturated heterocycles. The quantitative estimate of drug-likeness (QED) is 0.736. The Labute approximate surface area is 178 Å². The summed E-state index contributed by atoms with van der Waals surface area (Å²) in [6.45, 7) is 5.18. The summed E-state index contributed by atoms with van der Waals surface area (Å²) in [6.07, 6.45) is 4.42. The fourth-order valence-corrected chi connectivity index (χ4v) is 3.98. The first-order valence-electron chi connectivity index (χ1n) is 10.4. The predicted molar refractivity (Wildman–Crippen MR) is 117 cm³/mol. The van der Waals surface area contributed by atoms with Gasteiger partial charge in [-0.2, -0.15) is 0 Å².